The molecule has 0 heterocycles. The minimum atomic E-state index is -3.07. The van der Waals surface area contributed by atoms with Crippen molar-refractivity contribution in [2.45, 2.75) is 0 Å². The number of carbonyl (C=O) groups is 2. The lowest BCUT2D eigenvalue weighted by Gasteiger charge is -2.02. The van der Waals surface area contributed by atoms with Crippen molar-refractivity contribution in [1.82, 2.24) is 5.32 Å². The highest BCUT2D eigenvalue weighted by Gasteiger charge is 2.06. The van der Waals surface area contributed by atoms with Crippen molar-refractivity contribution in [1.29, 1.82) is 0 Å². The van der Waals surface area contributed by atoms with Crippen LogP contribution < -0.4 is 5.32 Å². The van der Waals surface area contributed by atoms with Crippen LogP contribution in [0.1, 0.15) is 0 Å². The van der Waals surface area contributed by atoms with E-state index in [2.05, 4.69) is 5.32 Å². The molecule has 0 aliphatic heterocycles. The number of hydrogen-bond donors (Lipinski definition) is 2. The van der Waals surface area contributed by atoms with Gasteiger partial charge in [0.1, 0.15) is 9.84 Å². The second kappa shape index (κ2) is 6.67. The van der Waals surface area contributed by atoms with E-state index < -0.39 is 15.8 Å². The number of aliphatic carboxylic acids is 1. The highest BCUT2D eigenvalue weighted by molar-refractivity contribution is 8.00. The Kier molecular flexibility index (Phi) is 6.34. The van der Waals surface area contributed by atoms with Gasteiger partial charge in [0.2, 0.25) is 5.91 Å². The summed E-state index contributed by atoms with van der Waals surface area (Å²) < 4.78 is 21.4. The van der Waals surface area contributed by atoms with Crippen LogP contribution in [0.3, 0.4) is 0 Å². The number of carbonyl (C=O) groups excluding carboxylic acids is 1. The molecule has 0 saturated heterocycles. The fourth-order valence-electron chi connectivity index (χ4n) is 0.658. The first-order chi connectivity index (χ1) is 6.81. The fraction of sp³-hybridized carbons (Fsp3) is 0.714. The Balaban J connectivity index is 3.54. The largest absolute Gasteiger partial charge is 0.481 e. The van der Waals surface area contributed by atoms with Gasteiger partial charge < -0.3 is 10.4 Å². The topological polar surface area (TPSA) is 101 Å². The van der Waals surface area contributed by atoms with Crippen LogP contribution in [0.25, 0.3) is 0 Å². The number of sulfone groups is 1. The zero-order valence-corrected chi connectivity index (χ0v) is 9.86. The Morgan fingerprint density at radius 2 is 1.93 bits per heavy atom. The molecular formula is C7H13NO5S2. The van der Waals surface area contributed by atoms with Crippen molar-refractivity contribution < 1.29 is 23.1 Å². The third kappa shape index (κ3) is 11.2. The lowest BCUT2D eigenvalue weighted by atomic mass is 10.6. The molecule has 0 aliphatic rings. The minimum absolute atomic E-state index is 0.0239. The van der Waals surface area contributed by atoms with Crippen molar-refractivity contribution in [3.63, 3.8) is 0 Å². The van der Waals surface area contributed by atoms with E-state index in [1.54, 1.807) is 0 Å². The standard InChI is InChI=1S/C7H13NO5S2/c1-15(12,13)3-2-8-6(9)4-14-5-7(10)11/h2-5H2,1H3,(H,8,9)(H,10,11). The summed E-state index contributed by atoms with van der Waals surface area (Å²) in [6.07, 6.45) is 1.08. The molecule has 0 aromatic rings. The average Bonchev–Trinajstić information content (AvgIpc) is 2.00. The first-order valence-electron chi connectivity index (χ1n) is 4.05. The Hall–Kier alpha value is -0.760. The zero-order chi connectivity index (χ0) is 11.9. The summed E-state index contributed by atoms with van der Waals surface area (Å²) in [5.74, 6) is -1.56. The van der Waals surface area contributed by atoms with Crippen molar-refractivity contribution in [2.24, 2.45) is 0 Å². The number of nitrogens with one attached hydrogen (secondary N) is 1. The Labute approximate surface area is 92.3 Å². The molecule has 0 spiro atoms. The van der Waals surface area contributed by atoms with Gasteiger partial charge in [-0.2, -0.15) is 0 Å². The number of carboxylic acid groups (broad SMARTS) is 1. The van der Waals surface area contributed by atoms with Gasteiger partial charge in [0.25, 0.3) is 0 Å². The molecule has 88 valence electrons. The van der Waals surface area contributed by atoms with Gasteiger partial charge >= 0.3 is 5.97 Å². The summed E-state index contributed by atoms with van der Waals surface area (Å²) in [5.41, 5.74) is 0. The number of hydrogen-bond acceptors (Lipinski definition) is 5. The predicted molar refractivity (Wildman–Crippen MR) is 57.7 cm³/mol. The van der Waals surface area contributed by atoms with Crippen molar-refractivity contribution in [3.05, 3.63) is 0 Å². The maximum atomic E-state index is 11.0. The maximum absolute atomic E-state index is 11.0. The molecule has 0 bridgehead atoms. The van der Waals surface area contributed by atoms with E-state index in [4.69, 9.17) is 5.11 Å². The number of carboxylic acids is 1. The summed E-state index contributed by atoms with van der Waals surface area (Å²) in [7, 11) is -3.07. The molecule has 2 N–H and O–H groups in total. The van der Waals surface area contributed by atoms with Crippen LogP contribution in [0.2, 0.25) is 0 Å². The maximum Gasteiger partial charge on any atom is 0.313 e. The summed E-state index contributed by atoms with van der Waals surface area (Å²) in [4.78, 5) is 21.1. The van der Waals surface area contributed by atoms with Gasteiger partial charge in [0.15, 0.2) is 0 Å². The lowest BCUT2D eigenvalue weighted by Crippen LogP contribution is -2.30. The smallest absolute Gasteiger partial charge is 0.313 e. The molecule has 0 atom stereocenters. The number of rotatable bonds is 7. The second-order valence-corrected chi connectivity index (χ2v) is 6.11. The normalized spacial score (nSPS) is 11.0. The van der Waals surface area contributed by atoms with Crippen molar-refractivity contribution in [3.8, 4) is 0 Å². The molecule has 0 fully saturated rings. The molecular weight excluding hydrogens is 242 g/mol. The van der Waals surface area contributed by atoms with E-state index in [-0.39, 0.29) is 29.7 Å². The summed E-state index contributed by atoms with van der Waals surface area (Å²) in [6, 6.07) is 0. The first-order valence-corrected chi connectivity index (χ1v) is 7.27. The van der Waals surface area contributed by atoms with E-state index >= 15 is 0 Å². The average molecular weight is 255 g/mol. The highest BCUT2D eigenvalue weighted by atomic mass is 32.2. The van der Waals surface area contributed by atoms with Crippen LogP contribution >= 0.6 is 11.8 Å². The summed E-state index contributed by atoms with van der Waals surface area (Å²) >= 11 is 0.966. The quantitative estimate of drug-likeness (QED) is 0.603. The molecule has 8 heteroatoms. The van der Waals surface area contributed by atoms with E-state index in [0.717, 1.165) is 18.0 Å². The molecule has 0 unspecified atom stereocenters. The summed E-state index contributed by atoms with van der Waals surface area (Å²) in [5, 5.41) is 10.7. The van der Waals surface area contributed by atoms with Gasteiger partial charge in [-0.25, -0.2) is 8.42 Å². The van der Waals surface area contributed by atoms with Crippen LogP contribution in [0.4, 0.5) is 0 Å². The zero-order valence-electron chi connectivity index (χ0n) is 8.23. The van der Waals surface area contributed by atoms with E-state index in [1.807, 2.05) is 0 Å². The van der Waals surface area contributed by atoms with Gasteiger partial charge in [-0.05, 0) is 0 Å². The Morgan fingerprint density at radius 1 is 1.33 bits per heavy atom. The van der Waals surface area contributed by atoms with Crippen LogP contribution in [-0.4, -0.2) is 55.5 Å². The Bertz CT molecular complexity index is 324. The van der Waals surface area contributed by atoms with Gasteiger partial charge in [-0.1, -0.05) is 0 Å². The monoisotopic (exact) mass is 255 g/mol. The number of amides is 1. The highest BCUT2D eigenvalue weighted by Crippen LogP contribution is 1.97. The predicted octanol–water partition coefficient (Wildman–Crippen LogP) is -1.03. The molecule has 1 amide bonds. The minimum Gasteiger partial charge on any atom is -0.481 e. The third-order valence-corrected chi connectivity index (χ3v) is 3.12. The van der Waals surface area contributed by atoms with Crippen molar-refractivity contribution >= 4 is 33.5 Å². The lowest BCUT2D eigenvalue weighted by molar-refractivity contribution is -0.133. The van der Waals surface area contributed by atoms with Gasteiger partial charge in [-0.3, -0.25) is 9.59 Å². The van der Waals surface area contributed by atoms with Gasteiger partial charge in [0.05, 0.1) is 17.3 Å². The fourth-order valence-corrected chi connectivity index (χ4v) is 1.69. The van der Waals surface area contributed by atoms with Crippen LogP contribution in [-0.2, 0) is 19.4 Å². The van der Waals surface area contributed by atoms with Crippen LogP contribution in [0.15, 0.2) is 0 Å². The van der Waals surface area contributed by atoms with Gasteiger partial charge in [-0.15, -0.1) is 11.8 Å². The van der Waals surface area contributed by atoms with E-state index in [1.165, 1.54) is 0 Å². The van der Waals surface area contributed by atoms with E-state index in [0.29, 0.717) is 0 Å². The third-order valence-electron chi connectivity index (χ3n) is 1.25. The van der Waals surface area contributed by atoms with Crippen LogP contribution in [0.5, 0.6) is 0 Å². The molecule has 0 saturated carbocycles. The summed E-state index contributed by atoms with van der Waals surface area (Å²) in [6.45, 7) is 0.0608. The molecule has 0 aromatic heterocycles. The second-order valence-electron chi connectivity index (χ2n) is 2.87. The molecule has 6 nitrogen and oxygen atoms in total. The first kappa shape index (κ1) is 14.2. The van der Waals surface area contributed by atoms with E-state index in [9.17, 15) is 18.0 Å². The number of thioether (sulfide) groups is 1. The molecule has 0 radical (unpaired) electrons. The SMILES string of the molecule is CS(=O)(=O)CCNC(=O)CSCC(=O)O. The Morgan fingerprint density at radius 3 is 2.40 bits per heavy atom. The molecule has 0 aliphatic carbocycles. The molecule has 0 rings (SSSR count). The molecule has 15 heavy (non-hydrogen) atoms. The van der Waals surface area contributed by atoms with Gasteiger partial charge in [0, 0.05) is 12.8 Å². The van der Waals surface area contributed by atoms with Crippen LogP contribution in [0, 0.1) is 0 Å². The molecule has 0 aromatic carbocycles. The van der Waals surface area contributed by atoms with Crippen molar-refractivity contribution in [2.75, 3.05) is 30.1 Å².